The minimum atomic E-state index is 0.722. The number of nitrogens with one attached hydrogen (secondary N) is 1. The van der Waals surface area contributed by atoms with Gasteiger partial charge in [-0.15, -0.1) is 0 Å². The van der Waals surface area contributed by atoms with Crippen LogP contribution in [0.3, 0.4) is 0 Å². The molecule has 0 atom stereocenters. The number of H-pyrrole nitrogens is 1. The van der Waals surface area contributed by atoms with Crippen molar-refractivity contribution in [3.63, 3.8) is 0 Å². The zero-order chi connectivity index (χ0) is 7.68. The summed E-state index contributed by atoms with van der Waals surface area (Å²) in [5.74, 6) is 0.722. The molecule has 1 N–H and O–H groups in total. The first-order valence-electron chi connectivity index (χ1n) is 3.29. The molecule has 2 heterocycles. The Balaban J connectivity index is 2.45. The normalized spacial score (nSPS) is 10.3. The van der Waals surface area contributed by atoms with Crippen LogP contribution in [0.5, 0.6) is 0 Å². The third-order valence-electron chi connectivity index (χ3n) is 1.39. The van der Waals surface area contributed by atoms with E-state index < -0.39 is 0 Å². The van der Waals surface area contributed by atoms with Crippen molar-refractivity contribution >= 4 is 0 Å². The van der Waals surface area contributed by atoms with Gasteiger partial charge in [-0.3, -0.25) is 5.10 Å². The van der Waals surface area contributed by atoms with Crippen LogP contribution in [0.25, 0.3) is 11.5 Å². The van der Waals surface area contributed by atoms with Crippen molar-refractivity contribution in [3.8, 4) is 11.5 Å². The number of aromatic nitrogens is 3. The van der Waals surface area contributed by atoms with E-state index in [0.717, 1.165) is 17.1 Å². The molecule has 2 rings (SSSR count). The monoisotopic (exact) mass is 149 g/mol. The van der Waals surface area contributed by atoms with Crippen molar-refractivity contribution in [1.82, 2.24) is 15.4 Å². The molecule has 0 amide bonds. The largest absolute Gasteiger partial charge is 0.354 e. The van der Waals surface area contributed by atoms with E-state index in [-0.39, 0.29) is 0 Å². The fourth-order valence-corrected chi connectivity index (χ4v) is 0.884. The molecule has 0 aliphatic carbocycles. The van der Waals surface area contributed by atoms with E-state index >= 15 is 0 Å². The summed E-state index contributed by atoms with van der Waals surface area (Å²) in [6, 6.07) is 3.69. The van der Waals surface area contributed by atoms with Gasteiger partial charge in [0.15, 0.2) is 5.76 Å². The average molecular weight is 149 g/mol. The molecule has 0 spiro atoms. The first kappa shape index (κ1) is 6.15. The van der Waals surface area contributed by atoms with Crippen LogP contribution >= 0.6 is 0 Å². The van der Waals surface area contributed by atoms with Crippen molar-refractivity contribution in [3.05, 3.63) is 24.0 Å². The summed E-state index contributed by atoms with van der Waals surface area (Å²) in [7, 11) is 0. The Hall–Kier alpha value is -1.58. The third kappa shape index (κ3) is 1.02. The summed E-state index contributed by atoms with van der Waals surface area (Å²) in [5, 5.41) is 10.3. The highest BCUT2D eigenvalue weighted by atomic mass is 16.5. The van der Waals surface area contributed by atoms with E-state index in [2.05, 4.69) is 15.4 Å². The van der Waals surface area contributed by atoms with Gasteiger partial charge in [-0.1, -0.05) is 5.16 Å². The molecular formula is C7H7N3O. The van der Waals surface area contributed by atoms with Gasteiger partial charge in [0.25, 0.3) is 0 Å². The van der Waals surface area contributed by atoms with E-state index in [1.807, 2.05) is 19.1 Å². The zero-order valence-corrected chi connectivity index (χ0v) is 6.03. The van der Waals surface area contributed by atoms with Crippen molar-refractivity contribution in [2.45, 2.75) is 6.92 Å². The van der Waals surface area contributed by atoms with Gasteiger partial charge in [0.2, 0.25) is 0 Å². The van der Waals surface area contributed by atoms with E-state index in [1.165, 1.54) is 0 Å². The molecular weight excluding hydrogens is 142 g/mol. The summed E-state index contributed by atoms with van der Waals surface area (Å²) in [4.78, 5) is 0. The summed E-state index contributed by atoms with van der Waals surface area (Å²) >= 11 is 0. The Labute approximate surface area is 63.2 Å². The summed E-state index contributed by atoms with van der Waals surface area (Å²) < 4.78 is 4.99. The molecule has 0 aliphatic rings. The van der Waals surface area contributed by atoms with Crippen molar-refractivity contribution in [1.29, 1.82) is 0 Å². The number of aryl methyl sites for hydroxylation is 1. The number of nitrogens with zero attached hydrogens (tertiary/aromatic N) is 2. The van der Waals surface area contributed by atoms with Gasteiger partial charge in [-0.05, 0) is 13.0 Å². The van der Waals surface area contributed by atoms with Crippen LogP contribution in [-0.4, -0.2) is 15.4 Å². The minimum absolute atomic E-state index is 0.722. The second-order valence-electron chi connectivity index (χ2n) is 2.30. The quantitative estimate of drug-likeness (QED) is 0.666. The van der Waals surface area contributed by atoms with E-state index in [1.54, 1.807) is 6.20 Å². The van der Waals surface area contributed by atoms with Crippen molar-refractivity contribution < 1.29 is 4.52 Å². The summed E-state index contributed by atoms with van der Waals surface area (Å²) in [6.45, 7) is 1.88. The first-order chi connectivity index (χ1) is 5.36. The molecule has 0 aromatic carbocycles. The van der Waals surface area contributed by atoms with Crippen LogP contribution in [0.1, 0.15) is 5.69 Å². The molecule has 0 aliphatic heterocycles. The molecule has 56 valence electrons. The molecule has 0 unspecified atom stereocenters. The van der Waals surface area contributed by atoms with Crippen LogP contribution in [0.15, 0.2) is 22.9 Å². The molecule has 0 radical (unpaired) electrons. The second-order valence-corrected chi connectivity index (χ2v) is 2.30. The van der Waals surface area contributed by atoms with Gasteiger partial charge in [0.05, 0.1) is 5.69 Å². The molecule has 0 saturated heterocycles. The predicted octanol–water partition coefficient (Wildman–Crippen LogP) is 1.37. The standard InChI is InChI=1S/C7H7N3O/c1-5-4-7(11-10-5)6-2-3-8-9-6/h2-4H,1H3,(H,8,9). The van der Waals surface area contributed by atoms with E-state index in [4.69, 9.17) is 4.52 Å². The van der Waals surface area contributed by atoms with Gasteiger partial charge >= 0.3 is 0 Å². The maximum Gasteiger partial charge on any atom is 0.184 e. The minimum Gasteiger partial charge on any atom is -0.354 e. The Bertz CT molecular complexity index is 336. The first-order valence-corrected chi connectivity index (χ1v) is 3.29. The van der Waals surface area contributed by atoms with Gasteiger partial charge in [-0.2, -0.15) is 5.10 Å². The number of rotatable bonds is 1. The van der Waals surface area contributed by atoms with Crippen LogP contribution in [0.4, 0.5) is 0 Å². The Morgan fingerprint density at radius 1 is 1.55 bits per heavy atom. The second kappa shape index (κ2) is 2.23. The van der Waals surface area contributed by atoms with Gasteiger partial charge in [-0.25, -0.2) is 0 Å². The maximum atomic E-state index is 4.99. The molecule has 0 fully saturated rings. The smallest absolute Gasteiger partial charge is 0.184 e. The lowest BCUT2D eigenvalue weighted by Gasteiger charge is -1.83. The molecule has 4 nitrogen and oxygen atoms in total. The molecule has 11 heavy (non-hydrogen) atoms. The zero-order valence-electron chi connectivity index (χ0n) is 6.03. The number of hydrogen-bond acceptors (Lipinski definition) is 3. The lowest BCUT2D eigenvalue weighted by atomic mass is 10.3. The molecule has 0 saturated carbocycles. The predicted molar refractivity (Wildman–Crippen MR) is 38.8 cm³/mol. The summed E-state index contributed by atoms with van der Waals surface area (Å²) in [6.07, 6.45) is 1.67. The van der Waals surface area contributed by atoms with Crippen molar-refractivity contribution in [2.75, 3.05) is 0 Å². The topological polar surface area (TPSA) is 54.7 Å². The van der Waals surface area contributed by atoms with Gasteiger partial charge in [0.1, 0.15) is 5.69 Å². The van der Waals surface area contributed by atoms with Crippen molar-refractivity contribution in [2.24, 2.45) is 0 Å². The Morgan fingerprint density at radius 3 is 3.00 bits per heavy atom. The lowest BCUT2D eigenvalue weighted by Crippen LogP contribution is -1.71. The van der Waals surface area contributed by atoms with E-state index in [0.29, 0.717) is 0 Å². The molecule has 0 bridgehead atoms. The highest BCUT2D eigenvalue weighted by molar-refractivity contribution is 5.50. The lowest BCUT2D eigenvalue weighted by molar-refractivity contribution is 0.426. The maximum absolute atomic E-state index is 4.99. The Kier molecular flexibility index (Phi) is 1.25. The molecule has 4 heteroatoms. The third-order valence-corrected chi connectivity index (χ3v) is 1.39. The number of hydrogen-bond donors (Lipinski definition) is 1. The van der Waals surface area contributed by atoms with Gasteiger partial charge < -0.3 is 4.52 Å². The summed E-state index contributed by atoms with van der Waals surface area (Å²) in [5.41, 5.74) is 1.72. The average Bonchev–Trinajstić information content (AvgIpc) is 2.55. The van der Waals surface area contributed by atoms with Crippen LogP contribution in [-0.2, 0) is 0 Å². The van der Waals surface area contributed by atoms with E-state index in [9.17, 15) is 0 Å². The highest BCUT2D eigenvalue weighted by Gasteiger charge is 2.03. The van der Waals surface area contributed by atoms with Crippen LogP contribution in [0, 0.1) is 6.92 Å². The SMILES string of the molecule is Cc1cc(-c2ccn[nH]2)on1. The van der Waals surface area contributed by atoms with Crippen LogP contribution in [0.2, 0.25) is 0 Å². The number of aromatic amines is 1. The molecule has 2 aromatic heterocycles. The fraction of sp³-hybridized carbons (Fsp3) is 0.143. The van der Waals surface area contributed by atoms with Crippen LogP contribution < -0.4 is 0 Å². The van der Waals surface area contributed by atoms with Gasteiger partial charge in [0, 0.05) is 12.3 Å². The molecule has 2 aromatic rings. The fourth-order valence-electron chi connectivity index (χ4n) is 0.884. The highest BCUT2D eigenvalue weighted by Crippen LogP contribution is 2.15. The Morgan fingerprint density at radius 2 is 2.45 bits per heavy atom.